The molecule has 0 bridgehead atoms. The second-order valence-electron chi connectivity index (χ2n) is 5.29. The Kier molecular flexibility index (Phi) is 4.95. The number of hydrogen-bond donors (Lipinski definition) is 4. The number of carbonyl (C=O) groups is 2. The number of carboxylic acid groups (broad SMARTS) is 1. The highest BCUT2D eigenvalue weighted by atomic mass is 16.4. The normalized spacial score (nSPS) is 36.3. The van der Waals surface area contributed by atoms with E-state index in [1.165, 1.54) is 0 Å². The lowest BCUT2D eigenvalue weighted by atomic mass is 9.78. The van der Waals surface area contributed by atoms with Crippen molar-refractivity contribution in [1.82, 2.24) is 5.32 Å². The Balaban J connectivity index is 0.00000180. The zero-order chi connectivity index (χ0) is 13.3. The van der Waals surface area contributed by atoms with E-state index in [-0.39, 0.29) is 35.6 Å². The molecule has 1 amide bonds. The predicted molar refractivity (Wildman–Crippen MR) is 68.3 cm³/mol. The summed E-state index contributed by atoms with van der Waals surface area (Å²) in [5.41, 5.74) is 4.73. The van der Waals surface area contributed by atoms with Gasteiger partial charge in [-0.2, -0.15) is 0 Å². The van der Waals surface area contributed by atoms with Gasteiger partial charge in [0, 0.05) is 12.5 Å². The molecule has 0 aromatic heterocycles. The molecule has 2 rings (SSSR count). The first-order valence-corrected chi connectivity index (χ1v) is 6.26. The van der Waals surface area contributed by atoms with Crippen molar-refractivity contribution in [2.45, 2.75) is 31.1 Å². The first-order chi connectivity index (χ1) is 8.50. The predicted octanol–water partition coefficient (Wildman–Crippen LogP) is -1.86. The molecule has 0 aromatic carbocycles. The first kappa shape index (κ1) is 15.9. The number of fused-ring (bicyclic) bond motifs is 1. The van der Waals surface area contributed by atoms with Crippen molar-refractivity contribution in [1.29, 1.82) is 0 Å². The van der Waals surface area contributed by atoms with Gasteiger partial charge in [-0.1, -0.05) is 12.7 Å². The Morgan fingerprint density at radius 2 is 2.26 bits per heavy atom. The van der Waals surface area contributed by atoms with Crippen LogP contribution < -0.4 is 11.1 Å². The van der Waals surface area contributed by atoms with Crippen molar-refractivity contribution in [2.75, 3.05) is 6.54 Å². The van der Waals surface area contributed by atoms with Crippen LogP contribution in [0.1, 0.15) is 19.3 Å². The lowest BCUT2D eigenvalue weighted by Gasteiger charge is -2.29. The Bertz CT molecular complexity index is 367. The summed E-state index contributed by atoms with van der Waals surface area (Å²) in [4.78, 5) is 23.0. The third kappa shape index (κ3) is 2.61. The number of carboxylic acids is 1. The minimum Gasteiger partial charge on any atom is -0.480 e. The van der Waals surface area contributed by atoms with Crippen LogP contribution in [0.25, 0.3) is 0 Å². The van der Waals surface area contributed by atoms with Gasteiger partial charge >= 0.3 is 5.97 Å². The summed E-state index contributed by atoms with van der Waals surface area (Å²) in [5, 5.41) is 20.8. The van der Waals surface area contributed by atoms with Crippen LogP contribution in [0.3, 0.4) is 0 Å². The fraction of sp³-hybridized carbons (Fsp3) is 0.818. The number of carbonyl (C=O) groups excluding carboxylic acids is 1. The molecule has 8 heteroatoms. The minimum atomic E-state index is -1.30. The van der Waals surface area contributed by atoms with Crippen LogP contribution in [-0.4, -0.2) is 47.0 Å². The van der Waals surface area contributed by atoms with Crippen molar-refractivity contribution in [3.63, 3.8) is 0 Å². The third-order valence-electron chi connectivity index (χ3n) is 4.35. The molecule has 1 saturated carbocycles. The molecule has 0 aromatic rings. The van der Waals surface area contributed by atoms with E-state index in [0.717, 1.165) is 7.48 Å². The molecule has 1 saturated heterocycles. The van der Waals surface area contributed by atoms with Crippen molar-refractivity contribution in [2.24, 2.45) is 23.5 Å². The van der Waals surface area contributed by atoms with Crippen LogP contribution in [0.4, 0.5) is 0 Å². The molecule has 1 aliphatic heterocycles. The topological polar surface area (TPSA) is 144 Å². The van der Waals surface area contributed by atoms with E-state index in [1.807, 2.05) is 0 Å². The van der Waals surface area contributed by atoms with Gasteiger partial charge in [0.25, 0.3) is 7.48 Å². The first-order valence-electron chi connectivity index (χ1n) is 6.26. The standard InChI is InChI=1S/C11H18BN2O4.H2O/c13-11(10(16)17)4-6-7(5-14-9(6)15)8(11)2-1-3-12-18;/h6-8,18H,1-5,13H2,(H,14,15)(H,16,17);1H2/t6-,7-,8+,11+;/m1./s1. The van der Waals surface area contributed by atoms with Crippen LogP contribution in [0.5, 0.6) is 0 Å². The highest BCUT2D eigenvalue weighted by Gasteiger charge is 2.59. The lowest BCUT2D eigenvalue weighted by Crippen LogP contribution is -2.53. The fourth-order valence-electron chi connectivity index (χ4n) is 3.40. The summed E-state index contributed by atoms with van der Waals surface area (Å²) in [5.74, 6) is -1.57. The second kappa shape index (κ2) is 5.89. The highest BCUT2D eigenvalue weighted by Crippen LogP contribution is 2.47. The smallest absolute Gasteiger partial charge is 0.324 e. The van der Waals surface area contributed by atoms with Gasteiger partial charge in [-0.25, -0.2) is 0 Å². The molecule has 0 spiro atoms. The SMILES string of the molecule is N[C@@]1(C(=O)O)C[C@H]2C(=O)NC[C@H]2[C@@H]1CCC[B]O.O. The summed E-state index contributed by atoms with van der Waals surface area (Å²) in [6.45, 7) is 0.517. The second-order valence-corrected chi connectivity index (χ2v) is 5.29. The number of hydrogen-bond acceptors (Lipinski definition) is 4. The molecule has 2 aliphatic rings. The third-order valence-corrected chi connectivity index (χ3v) is 4.35. The molecule has 1 heterocycles. The minimum absolute atomic E-state index is 0. The maximum absolute atomic E-state index is 11.6. The van der Waals surface area contributed by atoms with Gasteiger partial charge in [0.1, 0.15) is 5.54 Å². The van der Waals surface area contributed by atoms with Gasteiger partial charge in [-0.15, -0.1) is 0 Å². The van der Waals surface area contributed by atoms with E-state index in [9.17, 15) is 14.7 Å². The summed E-state index contributed by atoms with van der Waals surface area (Å²) >= 11 is 0. The lowest BCUT2D eigenvalue weighted by molar-refractivity contribution is -0.145. The summed E-state index contributed by atoms with van der Waals surface area (Å²) < 4.78 is 0. The largest absolute Gasteiger partial charge is 0.480 e. The van der Waals surface area contributed by atoms with Crippen LogP contribution in [0.15, 0.2) is 0 Å². The van der Waals surface area contributed by atoms with Gasteiger partial charge in [0.05, 0.1) is 0 Å². The molecule has 19 heavy (non-hydrogen) atoms. The number of aliphatic carboxylic acids is 1. The van der Waals surface area contributed by atoms with Crippen molar-refractivity contribution in [3.05, 3.63) is 0 Å². The van der Waals surface area contributed by atoms with E-state index < -0.39 is 11.5 Å². The van der Waals surface area contributed by atoms with E-state index in [4.69, 9.17) is 10.8 Å². The van der Waals surface area contributed by atoms with E-state index in [0.29, 0.717) is 25.7 Å². The molecule has 7 nitrogen and oxygen atoms in total. The number of amides is 1. The maximum Gasteiger partial charge on any atom is 0.324 e. The van der Waals surface area contributed by atoms with Crippen molar-refractivity contribution < 1.29 is 25.2 Å². The molecule has 1 aliphatic carbocycles. The van der Waals surface area contributed by atoms with Gasteiger partial charge < -0.3 is 26.7 Å². The summed E-state index contributed by atoms with van der Waals surface area (Å²) in [6, 6.07) is 0. The van der Waals surface area contributed by atoms with Gasteiger partial charge in [0.15, 0.2) is 0 Å². The van der Waals surface area contributed by atoms with Crippen molar-refractivity contribution >= 4 is 19.4 Å². The van der Waals surface area contributed by atoms with E-state index in [2.05, 4.69) is 5.32 Å². The molecule has 7 N–H and O–H groups in total. The molecule has 4 atom stereocenters. The fourth-order valence-corrected chi connectivity index (χ4v) is 3.40. The summed E-state index contributed by atoms with van der Waals surface area (Å²) in [6.07, 6.45) is 2.04. The van der Waals surface area contributed by atoms with Gasteiger partial charge in [0.2, 0.25) is 5.91 Å². The Morgan fingerprint density at radius 1 is 1.58 bits per heavy atom. The zero-order valence-corrected chi connectivity index (χ0v) is 10.6. The van der Waals surface area contributed by atoms with Crippen molar-refractivity contribution in [3.8, 4) is 0 Å². The quantitative estimate of drug-likeness (QED) is 0.342. The zero-order valence-electron chi connectivity index (χ0n) is 10.6. The molecule has 1 radical (unpaired) electrons. The molecule has 0 unspecified atom stereocenters. The average molecular weight is 271 g/mol. The summed E-state index contributed by atoms with van der Waals surface area (Å²) in [7, 11) is 1.07. The molecule has 2 fully saturated rings. The van der Waals surface area contributed by atoms with Crippen LogP contribution in [-0.2, 0) is 9.59 Å². The molecular weight excluding hydrogens is 251 g/mol. The van der Waals surface area contributed by atoms with Gasteiger partial charge in [-0.05, 0) is 24.7 Å². The number of rotatable bonds is 5. The molecular formula is C11H20BN2O5. The van der Waals surface area contributed by atoms with Crippen LogP contribution in [0.2, 0.25) is 6.32 Å². The number of nitrogens with one attached hydrogen (secondary N) is 1. The average Bonchev–Trinajstić information content (AvgIpc) is 2.80. The monoisotopic (exact) mass is 271 g/mol. The molecule has 107 valence electrons. The van der Waals surface area contributed by atoms with Crippen LogP contribution in [0, 0.1) is 17.8 Å². The van der Waals surface area contributed by atoms with E-state index in [1.54, 1.807) is 0 Å². The van der Waals surface area contributed by atoms with E-state index >= 15 is 0 Å². The maximum atomic E-state index is 11.6. The Morgan fingerprint density at radius 3 is 2.84 bits per heavy atom. The number of nitrogens with two attached hydrogens (primary N) is 1. The Labute approximate surface area is 112 Å². The Hall–Kier alpha value is -1.12. The van der Waals surface area contributed by atoms with Crippen LogP contribution >= 0.6 is 0 Å². The van der Waals surface area contributed by atoms with Gasteiger partial charge in [-0.3, -0.25) is 9.59 Å². The highest BCUT2D eigenvalue weighted by molar-refractivity contribution is 6.25.